The van der Waals surface area contributed by atoms with E-state index >= 15 is 0 Å². The van der Waals surface area contributed by atoms with Crippen molar-refractivity contribution in [2.24, 2.45) is 0 Å². The summed E-state index contributed by atoms with van der Waals surface area (Å²) in [6.07, 6.45) is -1.95. The number of nitrogens with two attached hydrogens (primary N) is 1. The molecule has 1 aromatic carbocycles. The lowest BCUT2D eigenvalue weighted by molar-refractivity contribution is -0.192. The molecule has 3 N–H and O–H groups in total. The van der Waals surface area contributed by atoms with Gasteiger partial charge in [0.15, 0.2) is 0 Å². The van der Waals surface area contributed by atoms with Crippen LogP contribution in [0.4, 0.5) is 19.0 Å². The van der Waals surface area contributed by atoms with E-state index in [-0.39, 0.29) is 5.82 Å². The van der Waals surface area contributed by atoms with Gasteiger partial charge in [-0.15, -0.1) is 0 Å². The number of nitrogens with zero attached hydrogens (tertiary/aromatic N) is 2. The molecule has 0 unspecified atom stereocenters. The topological polar surface area (TPSA) is 122 Å². The maximum atomic E-state index is 10.6. The first-order valence-electron chi connectivity index (χ1n) is 7.85. The summed E-state index contributed by atoms with van der Waals surface area (Å²) in [7, 11) is 1.62. The fourth-order valence-electron chi connectivity index (χ4n) is 2.24. The molecule has 0 bridgehead atoms. The fourth-order valence-corrected chi connectivity index (χ4v) is 2.24. The summed E-state index contributed by atoms with van der Waals surface area (Å²) in [6.45, 7) is 0. The number of alkyl halides is 3. The molecule has 0 aliphatic carbocycles. The van der Waals surface area contributed by atoms with Gasteiger partial charge in [-0.3, -0.25) is 0 Å². The first kappa shape index (κ1) is 21.3. The van der Waals surface area contributed by atoms with Crippen molar-refractivity contribution in [1.29, 1.82) is 5.26 Å². The van der Waals surface area contributed by atoms with Gasteiger partial charge < -0.3 is 20.0 Å². The number of pyridine rings is 1. The summed E-state index contributed by atoms with van der Waals surface area (Å²) >= 11 is 0. The minimum atomic E-state index is -5.08. The number of carboxylic acid groups (broad SMARTS) is 1. The number of methoxy groups -OCH3 is 1. The molecular weight excluding hydrogens is 391 g/mol. The molecule has 3 rings (SSSR count). The third-order valence-electron chi connectivity index (χ3n) is 3.62. The van der Waals surface area contributed by atoms with Gasteiger partial charge in [0.1, 0.15) is 23.2 Å². The molecule has 29 heavy (non-hydrogen) atoms. The zero-order valence-corrected chi connectivity index (χ0v) is 14.9. The van der Waals surface area contributed by atoms with Crippen LogP contribution in [0.15, 0.2) is 53.3 Å². The van der Waals surface area contributed by atoms with E-state index in [0.717, 1.165) is 16.9 Å². The number of benzene rings is 1. The Hall–Kier alpha value is -4.00. The van der Waals surface area contributed by atoms with E-state index < -0.39 is 12.1 Å². The number of carbonyl (C=O) groups is 1. The van der Waals surface area contributed by atoms with Crippen molar-refractivity contribution in [3.63, 3.8) is 0 Å². The summed E-state index contributed by atoms with van der Waals surface area (Å²) in [5, 5.41) is 16.4. The van der Waals surface area contributed by atoms with Crippen molar-refractivity contribution in [3.8, 4) is 34.2 Å². The van der Waals surface area contributed by atoms with Crippen LogP contribution in [0.3, 0.4) is 0 Å². The predicted octanol–water partition coefficient (Wildman–Crippen LogP) is 4.10. The normalized spacial score (nSPS) is 10.4. The average Bonchev–Trinajstić information content (AvgIpc) is 3.22. The Kier molecular flexibility index (Phi) is 6.46. The lowest BCUT2D eigenvalue weighted by Crippen LogP contribution is -2.21. The van der Waals surface area contributed by atoms with E-state index in [2.05, 4.69) is 11.1 Å². The molecule has 7 nitrogen and oxygen atoms in total. The van der Waals surface area contributed by atoms with Gasteiger partial charge in [-0.2, -0.15) is 18.4 Å². The number of furan rings is 1. The van der Waals surface area contributed by atoms with Crippen molar-refractivity contribution >= 4 is 11.8 Å². The Balaban J connectivity index is 0.000000370. The van der Waals surface area contributed by atoms with Crippen molar-refractivity contribution in [3.05, 3.63) is 54.5 Å². The maximum Gasteiger partial charge on any atom is 0.490 e. The standard InChI is InChI=1S/C17H13N3O2.C2HF3O2/c1-21-13-4-2-11(3-5-13)16-8-14(12-6-7-22-10-12)15(9-18)17(19)20-16;3-2(4,5)1(6)7/h2-8,10H,1H3,(H2,19,20);(H,6,7). The van der Waals surface area contributed by atoms with Gasteiger partial charge in [-0.25, -0.2) is 9.78 Å². The van der Waals surface area contributed by atoms with Gasteiger partial charge in [-0.05, 0) is 36.4 Å². The molecule has 10 heteroatoms. The van der Waals surface area contributed by atoms with Gasteiger partial charge in [-0.1, -0.05) is 0 Å². The highest BCUT2D eigenvalue weighted by Gasteiger charge is 2.38. The quantitative estimate of drug-likeness (QED) is 0.672. The number of carboxylic acids is 1. The number of hydrogen-bond acceptors (Lipinski definition) is 6. The summed E-state index contributed by atoms with van der Waals surface area (Å²) in [4.78, 5) is 13.2. The summed E-state index contributed by atoms with van der Waals surface area (Å²) in [5.74, 6) is -1.79. The molecule has 0 fully saturated rings. The van der Waals surface area contributed by atoms with Gasteiger partial charge in [0.2, 0.25) is 0 Å². The number of aliphatic carboxylic acids is 1. The largest absolute Gasteiger partial charge is 0.497 e. The summed E-state index contributed by atoms with van der Waals surface area (Å²) < 4.78 is 42.0. The number of rotatable bonds is 3. The van der Waals surface area contributed by atoms with Crippen LogP contribution in [0.5, 0.6) is 5.75 Å². The van der Waals surface area contributed by atoms with Gasteiger partial charge in [0.25, 0.3) is 0 Å². The molecule has 150 valence electrons. The third kappa shape index (κ3) is 5.26. The van der Waals surface area contributed by atoms with Crippen molar-refractivity contribution in [1.82, 2.24) is 4.98 Å². The molecule has 0 saturated heterocycles. The Morgan fingerprint density at radius 1 is 1.24 bits per heavy atom. The molecule has 3 aromatic rings. The van der Waals surface area contributed by atoms with E-state index in [1.807, 2.05) is 30.3 Å². The van der Waals surface area contributed by atoms with Crippen LogP contribution in [0.1, 0.15) is 5.56 Å². The molecule has 0 atom stereocenters. The minimum Gasteiger partial charge on any atom is -0.497 e. The van der Waals surface area contributed by atoms with Gasteiger partial charge in [0.05, 0.1) is 25.3 Å². The zero-order valence-electron chi connectivity index (χ0n) is 14.9. The Bertz CT molecular complexity index is 1020. The van der Waals surface area contributed by atoms with Crippen LogP contribution in [0.25, 0.3) is 22.4 Å². The number of nitrogen functional groups attached to an aromatic ring is 1. The van der Waals surface area contributed by atoms with E-state index in [4.69, 9.17) is 24.8 Å². The SMILES string of the molecule is COc1ccc(-c2cc(-c3ccoc3)c(C#N)c(N)n2)cc1.O=C(O)C(F)(F)F. The maximum absolute atomic E-state index is 10.6. The molecule has 0 aliphatic heterocycles. The lowest BCUT2D eigenvalue weighted by atomic mass is 10.0. The highest BCUT2D eigenvalue weighted by molar-refractivity contribution is 5.79. The Morgan fingerprint density at radius 3 is 2.31 bits per heavy atom. The number of halogens is 3. The number of anilines is 1. The third-order valence-corrected chi connectivity index (χ3v) is 3.62. The Morgan fingerprint density at radius 2 is 1.86 bits per heavy atom. The van der Waals surface area contributed by atoms with Crippen LogP contribution in [0.2, 0.25) is 0 Å². The Labute approximate surface area is 162 Å². The van der Waals surface area contributed by atoms with Gasteiger partial charge >= 0.3 is 12.1 Å². The summed E-state index contributed by atoms with van der Waals surface area (Å²) in [6, 6.07) is 13.2. The van der Waals surface area contributed by atoms with Crippen LogP contribution in [0, 0.1) is 11.3 Å². The second-order valence-electron chi connectivity index (χ2n) is 5.47. The minimum absolute atomic E-state index is 0.201. The molecule has 0 aliphatic rings. The van der Waals surface area contributed by atoms with Crippen molar-refractivity contribution in [2.45, 2.75) is 6.18 Å². The first-order valence-corrected chi connectivity index (χ1v) is 7.85. The first-order chi connectivity index (χ1) is 13.7. The van der Waals surface area contributed by atoms with E-state index in [1.165, 1.54) is 0 Å². The summed E-state index contributed by atoms with van der Waals surface area (Å²) in [5.41, 5.74) is 9.37. The zero-order chi connectivity index (χ0) is 21.6. The van der Waals surface area contributed by atoms with Crippen molar-refractivity contribution in [2.75, 3.05) is 12.8 Å². The van der Waals surface area contributed by atoms with E-state index in [0.29, 0.717) is 16.8 Å². The van der Waals surface area contributed by atoms with Crippen LogP contribution < -0.4 is 10.5 Å². The molecule has 0 saturated carbocycles. The number of hydrogen-bond donors (Lipinski definition) is 2. The molecule has 0 spiro atoms. The number of ether oxygens (including phenoxy) is 1. The van der Waals surface area contributed by atoms with E-state index in [9.17, 15) is 18.4 Å². The number of nitriles is 1. The van der Waals surface area contributed by atoms with Crippen LogP contribution >= 0.6 is 0 Å². The monoisotopic (exact) mass is 405 g/mol. The number of aromatic nitrogens is 1. The molecule has 0 radical (unpaired) electrons. The molecular formula is C19H14F3N3O4. The van der Waals surface area contributed by atoms with Crippen molar-refractivity contribution < 1.29 is 32.2 Å². The predicted molar refractivity (Wildman–Crippen MR) is 96.7 cm³/mol. The highest BCUT2D eigenvalue weighted by Crippen LogP contribution is 2.31. The lowest BCUT2D eigenvalue weighted by Gasteiger charge is -2.09. The van der Waals surface area contributed by atoms with Crippen LogP contribution in [-0.2, 0) is 4.79 Å². The average molecular weight is 405 g/mol. The molecule has 0 amide bonds. The molecule has 2 aromatic heterocycles. The van der Waals surface area contributed by atoms with Gasteiger partial charge in [0, 0.05) is 16.7 Å². The second kappa shape index (κ2) is 8.79. The fraction of sp³-hybridized carbons (Fsp3) is 0.105. The smallest absolute Gasteiger partial charge is 0.490 e. The van der Waals surface area contributed by atoms with Crippen LogP contribution in [-0.4, -0.2) is 29.3 Å². The second-order valence-corrected chi connectivity index (χ2v) is 5.47. The van der Waals surface area contributed by atoms with E-state index in [1.54, 1.807) is 25.7 Å². The highest BCUT2D eigenvalue weighted by atomic mass is 19.4. The molecule has 2 heterocycles.